The highest BCUT2D eigenvalue weighted by atomic mass is 16.1. The normalized spacial score (nSPS) is 21.6. The predicted molar refractivity (Wildman–Crippen MR) is 70.5 cm³/mol. The van der Waals surface area contributed by atoms with Crippen molar-refractivity contribution >= 4 is 12.0 Å². The number of allylic oxidation sites excluding steroid dienone is 3. The molecule has 2 heteroatoms. The standard InChI is InChI=1S/C15H15NO/c1-3-11-9-10-12-7-5-6-8-13(12)15(17)16-14(11)4-2/h3-10H,1-2H3,(H,16,17)/b10-9-,11-3-,14-4+. The Morgan fingerprint density at radius 2 is 1.82 bits per heavy atom. The van der Waals surface area contributed by atoms with Crippen molar-refractivity contribution in [2.45, 2.75) is 13.8 Å². The molecular weight excluding hydrogens is 210 g/mol. The smallest absolute Gasteiger partial charge is 0.256 e. The van der Waals surface area contributed by atoms with E-state index in [4.69, 9.17) is 0 Å². The van der Waals surface area contributed by atoms with E-state index >= 15 is 0 Å². The molecule has 0 spiro atoms. The van der Waals surface area contributed by atoms with Crippen molar-refractivity contribution in [2.24, 2.45) is 0 Å². The second-order valence-electron chi connectivity index (χ2n) is 3.82. The number of benzene rings is 1. The molecule has 1 aromatic carbocycles. The number of amides is 1. The molecular formula is C15H15NO. The molecule has 86 valence electrons. The summed E-state index contributed by atoms with van der Waals surface area (Å²) in [6, 6.07) is 7.59. The molecule has 0 unspecified atom stereocenters. The van der Waals surface area contributed by atoms with Crippen LogP contribution in [-0.4, -0.2) is 5.91 Å². The number of hydrogen-bond acceptors (Lipinski definition) is 1. The minimum absolute atomic E-state index is 0.0580. The van der Waals surface area contributed by atoms with Gasteiger partial charge in [-0.2, -0.15) is 0 Å². The van der Waals surface area contributed by atoms with Crippen molar-refractivity contribution in [2.75, 3.05) is 0 Å². The number of fused-ring (bicyclic) bond motifs is 1. The topological polar surface area (TPSA) is 29.1 Å². The lowest BCUT2D eigenvalue weighted by molar-refractivity contribution is 0.0966. The third kappa shape index (κ3) is 2.21. The van der Waals surface area contributed by atoms with E-state index < -0.39 is 0 Å². The lowest BCUT2D eigenvalue weighted by atomic mass is 10.0. The van der Waals surface area contributed by atoms with Crippen LogP contribution >= 0.6 is 0 Å². The monoisotopic (exact) mass is 225 g/mol. The molecule has 1 aliphatic rings. The van der Waals surface area contributed by atoms with E-state index in [2.05, 4.69) is 5.32 Å². The molecule has 0 saturated heterocycles. The number of carbonyl (C=O) groups is 1. The Bertz CT molecular complexity index is 536. The van der Waals surface area contributed by atoms with Gasteiger partial charge in [0.2, 0.25) is 0 Å². The minimum atomic E-state index is -0.0580. The van der Waals surface area contributed by atoms with Gasteiger partial charge in [-0.05, 0) is 31.1 Å². The van der Waals surface area contributed by atoms with Crippen LogP contribution in [0.15, 0.2) is 53.8 Å². The lowest BCUT2D eigenvalue weighted by Gasteiger charge is -2.15. The second kappa shape index (κ2) is 4.83. The van der Waals surface area contributed by atoms with Crippen molar-refractivity contribution in [3.05, 3.63) is 64.9 Å². The minimum Gasteiger partial charge on any atom is -0.322 e. The van der Waals surface area contributed by atoms with Gasteiger partial charge in [0.05, 0.1) is 0 Å². The van der Waals surface area contributed by atoms with E-state index in [0.717, 1.165) is 16.8 Å². The van der Waals surface area contributed by atoms with E-state index in [1.54, 1.807) is 0 Å². The number of rotatable bonds is 0. The largest absolute Gasteiger partial charge is 0.322 e. The van der Waals surface area contributed by atoms with Crippen molar-refractivity contribution in [3.8, 4) is 0 Å². The first-order valence-electron chi connectivity index (χ1n) is 5.67. The third-order valence-electron chi connectivity index (χ3n) is 2.81. The molecule has 0 bridgehead atoms. The summed E-state index contributed by atoms with van der Waals surface area (Å²) in [5.74, 6) is -0.0580. The highest BCUT2D eigenvalue weighted by Crippen LogP contribution is 2.19. The van der Waals surface area contributed by atoms with Crippen molar-refractivity contribution < 1.29 is 4.79 Å². The van der Waals surface area contributed by atoms with E-state index in [1.807, 2.05) is 62.4 Å². The van der Waals surface area contributed by atoms with Gasteiger partial charge in [-0.15, -0.1) is 0 Å². The van der Waals surface area contributed by atoms with Crippen LogP contribution in [0.3, 0.4) is 0 Å². The zero-order valence-corrected chi connectivity index (χ0v) is 10.0. The Labute approximate surface area is 101 Å². The van der Waals surface area contributed by atoms with Gasteiger partial charge in [-0.3, -0.25) is 4.79 Å². The summed E-state index contributed by atoms with van der Waals surface area (Å²) < 4.78 is 0. The maximum absolute atomic E-state index is 12.1. The fraction of sp³-hybridized carbons (Fsp3) is 0.133. The maximum Gasteiger partial charge on any atom is 0.256 e. The van der Waals surface area contributed by atoms with Crippen LogP contribution in [0.1, 0.15) is 29.8 Å². The van der Waals surface area contributed by atoms with Gasteiger partial charge in [0, 0.05) is 11.3 Å². The first-order chi connectivity index (χ1) is 8.26. The molecule has 0 fully saturated rings. The SMILES string of the molecule is C/C=C1/C=C\c2ccccc2C(=O)N/C1=C/C. The molecule has 1 aromatic rings. The van der Waals surface area contributed by atoms with Gasteiger partial charge >= 0.3 is 0 Å². The Hall–Kier alpha value is -2.09. The highest BCUT2D eigenvalue weighted by molar-refractivity contribution is 6.00. The predicted octanol–water partition coefficient (Wildman–Crippen LogP) is 3.29. The number of carbonyl (C=O) groups excluding carboxylic acids is 1. The first-order valence-corrected chi connectivity index (χ1v) is 5.67. The molecule has 0 atom stereocenters. The van der Waals surface area contributed by atoms with E-state index in [-0.39, 0.29) is 5.91 Å². The van der Waals surface area contributed by atoms with Gasteiger partial charge in [0.1, 0.15) is 0 Å². The zero-order valence-electron chi connectivity index (χ0n) is 10.0. The Morgan fingerprint density at radius 1 is 1.06 bits per heavy atom. The van der Waals surface area contributed by atoms with Crippen molar-refractivity contribution in [3.63, 3.8) is 0 Å². The zero-order chi connectivity index (χ0) is 12.3. The molecule has 0 aromatic heterocycles. The summed E-state index contributed by atoms with van der Waals surface area (Å²) in [6.45, 7) is 3.88. The fourth-order valence-electron chi connectivity index (χ4n) is 1.87. The van der Waals surface area contributed by atoms with Crippen LogP contribution in [0.4, 0.5) is 0 Å². The third-order valence-corrected chi connectivity index (χ3v) is 2.81. The van der Waals surface area contributed by atoms with E-state index in [9.17, 15) is 4.79 Å². The van der Waals surface area contributed by atoms with Crippen LogP contribution in [0.5, 0.6) is 0 Å². The quantitative estimate of drug-likeness (QED) is 0.721. The number of hydrogen-bond donors (Lipinski definition) is 1. The molecule has 1 N–H and O–H groups in total. The van der Waals surface area contributed by atoms with Crippen molar-refractivity contribution in [1.29, 1.82) is 0 Å². The average molecular weight is 225 g/mol. The Morgan fingerprint density at radius 3 is 2.53 bits per heavy atom. The van der Waals surface area contributed by atoms with Gasteiger partial charge in [0.15, 0.2) is 0 Å². The van der Waals surface area contributed by atoms with Crippen LogP contribution in [0.25, 0.3) is 6.08 Å². The van der Waals surface area contributed by atoms with Gasteiger partial charge in [0.25, 0.3) is 5.91 Å². The molecule has 17 heavy (non-hydrogen) atoms. The molecule has 1 aliphatic heterocycles. The molecule has 2 nitrogen and oxygen atoms in total. The summed E-state index contributed by atoms with van der Waals surface area (Å²) in [6.07, 6.45) is 7.89. The molecule has 0 radical (unpaired) electrons. The van der Waals surface area contributed by atoms with Crippen molar-refractivity contribution in [1.82, 2.24) is 5.32 Å². The molecule has 1 heterocycles. The first kappa shape index (κ1) is 11.4. The summed E-state index contributed by atoms with van der Waals surface area (Å²) in [4.78, 5) is 12.1. The van der Waals surface area contributed by atoms with Gasteiger partial charge in [-0.25, -0.2) is 0 Å². The van der Waals surface area contributed by atoms with Gasteiger partial charge in [-0.1, -0.05) is 42.5 Å². The lowest BCUT2D eigenvalue weighted by Crippen LogP contribution is -2.25. The summed E-state index contributed by atoms with van der Waals surface area (Å²) in [5.41, 5.74) is 3.52. The van der Waals surface area contributed by atoms with Crippen LogP contribution < -0.4 is 5.32 Å². The molecule has 1 amide bonds. The van der Waals surface area contributed by atoms with Gasteiger partial charge < -0.3 is 5.32 Å². The van der Waals surface area contributed by atoms with E-state index in [0.29, 0.717) is 5.56 Å². The molecule has 2 rings (SSSR count). The van der Waals surface area contributed by atoms with E-state index in [1.165, 1.54) is 0 Å². The molecule has 0 saturated carbocycles. The summed E-state index contributed by atoms with van der Waals surface area (Å²) >= 11 is 0. The Kier molecular flexibility index (Phi) is 3.24. The summed E-state index contributed by atoms with van der Waals surface area (Å²) in [7, 11) is 0. The molecule has 0 aliphatic carbocycles. The Balaban J connectivity index is 2.56. The second-order valence-corrected chi connectivity index (χ2v) is 3.82. The van der Waals surface area contributed by atoms with Crippen LogP contribution in [0.2, 0.25) is 0 Å². The van der Waals surface area contributed by atoms with Crippen LogP contribution in [-0.2, 0) is 0 Å². The highest BCUT2D eigenvalue weighted by Gasteiger charge is 2.14. The van der Waals surface area contributed by atoms with Crippen LogP contribution in [0, 0.1) is 0 Å². The fourth-order valence-corrected chi connectivity index (χ4v) is 1.87. The number of nitrogens with one attached hydrogen (secondary N) is 1. The average Bonchev–Trinajstić information content (AvgIpc) is 2.36. The maximum atomic E-state index is 12.1. The summed E-state index contributed by atoms with van der Waals surface area (Å²) in [5, 5.41) is 2.93.